The van der Waals surface area contributed by atoms with Crippen molar-refractivity contribution in [2.45, 2.75) is 31.7 Å². The average molecular weight is 358 g/mol. The van der Waals surface area contributed by atoms with Gasteiger partial charge in [0, 0.05) is 17.1 Å². The number of hydrogen-bond donors (Lipinski definition) is 0. The van der Waals surface area contributed by atoms with Crippen molar-refractivity contribution in [2.24, 2.45) is 4.40 Å². The summed E-state index contributed by atoms with van der Waals surface area (Å²) in [7, 11) is 1.39. The third-order valence-corrected chi connectivity index (χ3v) is 4.57. The minimum atomic E-state index is -4.76. The van der Waals surface area contributed by atoms with Crippen LogP contribution in [-0.4, -0.2) is 33.3 Å². The molecular formula is C16H17F3N2O2S. The number of ether oxygens (including phenoxy) is 1. The Balaban J connectivity index is 2.73. The van der Waals surface area contributed by atoms with E-state index in [0.29, 0.717) is 5.39 Å². The van der Waals surface area contributed by atoms with E-state index in [4.69, 9.17) is 4.74 Å². The summed E-state index contributed by atoms with van der Waals surface area (Å²) in [5.74, 6) is 0.216. The van der Waals surface area contributed by atoms with Crippen molar-refractivity contribution < 1.29 is 22.5 Å². The molecule has 130 valence electrons. The standard InChI is InChI=1S/C16H17F3N2O2S/c1-15(2,3)24(22)21-13(16(17,18)19)12-9-20-14(23-4)11-8-6-5-7-10(11)12/h5-9H,1-4H3. The molecule has 4 nitrogen and oxygen atoms in total. The van der Waals surface area contributed by atoms with Gasteiger partial charge >= 0.3 is 6.18 Å². The van der Waals surface area contributed by atoms with E-state index in [-0.39, 0.29) is 16.8 Å². The molecule has 1 aromatic heterocycles. The second-order valence-electron chi connectivity index (χ2n) is 6.03. The quantitative estimate of drug-likeness (QED) is 0.614. The highest BCUT2D eigenvalue weighted by Crippen LogP contribution is 2.32. The lowest BCUT2D eigenvalue weighted by Gasteiger charge is -2.20. The zero-order valence-electron chi connectivity index (χ0n) is 13.6. The van der Waals surface area contributed by atoms with Crippen LogP contribution in [0.5, 0.6) is 5.88 Å². The van der Waals surface area contributed by atoms with Crippen LogP contribution in [-0.2, 0) is 11.4 Å². The van der Waals surface area contributed by atoms with Gasteiger partial charge in [0.05, 0.1) is 7.11 Å². The van der Waals surface area contributed by atoms with Crippen LogP contribution < -0.4 is 4.74 Å². The van der Waals surface area contributed by atoms with Crippen LogP contribution in [0.1, 0.15) is 26.3 Å². The van der Waals surface area contributed by atoms with Gasteiger partial charge in [-0.3, -0.25) is 0 Å². The van der Waals surface area contributed by atoms with Crippen molar-refractivity contribution >= 4 is 27.8 Å². The fourth-order valence-electron chi connectivity index (χ4n) is 1.99. The predicted molar refractivity (Wildman–Crippen MR) is 88.8 cm³/mol. The maximum Gasteiger partial charge on any atom is 0.438 e. The summed E-state index contributed by atoms with van der Waals surface area (Å²) in [5.41, 5.74) is -1.43. The van der Waals surface area contributed by atoms with Crippen LogP contribution in [0.15, 0.2) is 34.9 Å². The largest absolute Gasteiger partial charge is 0.591 e. The minimum absolute atomic E-state index is 0.216. The van der Waals surface area contributed by atoms with Crippen LogP contribution >= 0.6 is 0 Å². The average Bonchev–Trinajstić information content (AvgIpc) is 2.49. The molecular weight excluding hydrogens is 341 g/mol. The van der Waals surface area contributed by atoms with Gasteiger partial charge in [0.1, 0.15) is 16.1 Å². The monoisotopic (exact) mass is 358 g/mol. The number of methoxy groups -OCH3 is 1. The first-order valence-corrected chi connectivity index (χ1v) is 8.16. The number of pyridine rings is 1. The van der Waals surface area contributed by atoms with E-state index in [0.717, 1.165) is 6.20 Å². The Morgan fingerprint density at radius 1 is 1.17 bits per heavy atom. The van der Waals surface area contributed by atoms with Gasteiger partial charge < -0.3 is 9.29 Å². The molecule has 24 heavy (non-hydrogen) atoms. The molecule has 0 fully saturated rings. The highest BCUT2D eigenvalue weighted by Gasteiger charge is 2.42. The highest BCUT2D eigenvalue weighted by atomic mass is 32.2. The van der Waals surface area contributed by atoms with Gasteiger partial charge in [0.2, 0.25) is 11.6 Å². The van der Waals surface area contributed by atoms with E-state index < -0.39 is 28.0 Å². The molecule has 0 aliphatic rings. The lowest BCUT2D eigenvalue weighted by molar-refractivity contribution is -0.0578. The maximum absolute atomic E-state index is 13.5. The normalized spacial score (nSPS) is 14.8. The molecule has 1 atom stereocenters. The number of alkyl halides is 3. The van der Waals surface area contributed by atoms with Crippen molar-refractivity contribution in [3.8, 4) is 5.88 Å². The Morgan fingerprint density at radius 2 is 1.75 bits per heavy atom. The van der Waals surface area contributed by atoms with Gasteiger partial charge in [0.15, 0.2) is 0 Å². The predicted octanol–water partition coefficient (Wildman–Crippen LogP) is 4.06. The Morgan fingerprint density at radius 3 is 2.25 bits per heavy atom. The molecule has 0 aliphatic carbocycles. The number of nitrogens with zero attached hydrogens (tertiary/aromatic N) is 2. The highest BCUT2D eigenvalue weighted by molar-refractivity contribution is 7.91. The summed E-state index contributed by atoms with van der Waals surface area (Å²) in [4.78, 5) is 3.93. The molecule has 0 saturated heterocycles. The topological polar surface area (TPSA) is 57.5 Å². The van der Waals surface area contributed by atoms with Crippen LogP contribution in [0.4, 0.5) is 13.2 Å². The summed E-state index contributed by atoms with van der Waals surface area (Å²) in [6.45, 7) is 4.68. The molecule has 0 radical (unpaired) electrons. The van der Waals surface area contributed by atoms with E-state index in [1.165, 1.54) is 13.2 Å². The lowest BCUT2D eigenvalue weighted by atomic mass is 10.0. The molecule has 2 aromatic rings. The van der Waals surface area contributed by atoms with Crippen LogP contribution in [0.3, 0.4) is 0 Å². The molecule has 1 unspecified atom stereocenters. The number of halogens is 3. The van der Waals surface area contributed by atoms with E-state index in [9.17, 15) is 17.7 Å². The van der Waals surface area contributed by atoms with Crippen molar-refractivity contribution in [1.29, 1.82) is 0 Å². The van der Waals surface area contributed by atoms with E-state index in [1.54, 1.807) is 39.0 Å². The van der Waals surface area contributed by atoms with E-state index in [1.807, 2.05) is 0 Å². The third-order valence-electron chi connectivity index (χ3n) is 3.17. The Labute approximate surface area is 141 Å². The SMILES string of the molecule is COc1ncc(C(=N[S+]([O-])C(C)(C)C)C(F)(F)F)c2ccccc12. The summed E-state index contributed by atoms with van der Waals surface area (Å²) in [6.07, 6.45) is -3.71. The van der Waals surface area contributed by atoms with Crippen molar-refractivity contribution in [3.05, 3.63) is 36.0 Å². The second kappa shape index (κ2) is 6.60. The first kappa shape index (κ1) is 18.5. The summed E-state index contributed by atoms with van der Waals surface area (Å²) in [6, 6.07) is 6.42. The third kappa shape index (κ3) is 3.81. The fourth-order valence-corrected chi connectivity index (χ4v) is 2.63. The molecule has 2 rings (SSSR count). The molecule has 1 heterocycles. The lowest BCUT2D eigenvalue weighted by Crippen LogP contribution is -2.31. The number of aromatic nitrogens is 1. The number of hydrogen-bond acceptors (Lipinski definition) is 4. The zero-order valence-corrected chi connectivity index (χ0v) is 14.5. The molecule has 0 amide bonds. The van der Waals surface area contributed by atoms with Crippen molar-refractivity contribution in [3.63, 3.8) is 0 Å². The van der Waals surface area contributed by atoms with Gasteiger partial charge in [-0.25, -0.2) is 4.98 Å². The molecule has 1 aromatic carbocycles. The molecule has 0 aliphatic heterocycles. The summed E-state index contributed by atoms with van der Waals surface area (Å²) < 4.78 is 60.4. The second-order valence-corrected chi connectivity index (χ2v) is 7.93. The Kier molecular flexibility index (Phi) is 5.10. The first-order chi connectivity index (χ1) is 11.1. The molecule has 0 spiro atoms. The molecule has 0 bridgehead atoms. The Hall–Kier alpha value is -1.80. The van der Waals surface area contributed by atoms with Crippen LogP contribution in [0.2, 0.25) is 0 Å². The zero-order chi connectivity index (χ0) is 18.1. The fraction of sp³-hybridized carbons (Fsp3) is 0.375. The van der Waals surface area contributed by atoms with Gasteiger partial charge in [-0.2, -0.15) is 13.2 Å². The van der Waals surface area contributed by atoms with E-state index >= 15 is 0 Å². The van der Waals surface area contributed by atoms with Crippen molar-refractivity contribution in [1.82, 2.24) is 4.98 Å². The molecule has 0 saturated carbocycles. The number of fused-ring (bicyclic) bond motifs is 1. The van der Waals surface area contributed by atoms with Crippen LogP contribution in [0, 0.1) is 0 Å². The number of rotatable bonds is 3. The van der Waals surface area contributed by atoms with Crippen molar-refractivity contribution in [2.75, 3.05) is 7.11 Å². The smallest absolute Gasteiger partial charge is 0.438 e. The summed E-state index contributed by atoms with van der Waals surface area (Å²) in [5, 5.41) is 0.710. The molecule has 0 N–H and O–H groups in total. The number of benzene rings is 1. The first-order valence-electron chi connectivity index (χ1n) is 7.05. The Bertz CT molecular complexity index is 770. The minimum Gasteiger partial charge on any atom is -0.591 e. The van der Waals surface area contributed by atoms with E-state index in [2.05, 4.69) is 9.38 Å². The van der Waals surface area contributed by atoms with Gasteiger partial charge in [-0.1, -0.05) is 22.6 Å². The van der Waals surface area contributed by atoms with Crippen LogP contribution in [0.25, 0.3) is 10.8 Å². The van der Waals surface area contributed by atoms with Gasteiger partial charge in [0.25, 0.3) is 0 Å². The van der Waals surface area contributed by atoms with Gasteiger partial charge in [-0.15, -0.1) is 0 Å². The molecule has 8 heteroatoms. The van der Waals surface area contributed by atoms with Gasteiger partial charge in [-0.05, 0) is 32.2 Å². The summed E-state index contributed by atoms with van der Waals surface area (Å²) >= 11 is -2.06. The maximum atomic E-state index is 13.5.